The number of ketones is 1. The Hall–Kier alpha value is -1.02. The molecule has 42 heavy (non-hydrogen) atoms. The number of Topliss-reactive ketones (excluding diaryl/α,β-unsaturated/α-hetero) is 1. The lowest BCUT2D eigenvalue weighted by Crippen LogP contribution is -2.60. The maximum atomic E-state index is 14.4. The summed E-state index contributed by atoms with van der Waals surface area (Å²) in [4.78, 5) is 32.1. The van der Waals surface area contributed by atoms with Crippen LogP contribution < -0.4 is 10.6 Å². The summed E-state index contributed by atoms with van der Waals surface area (Å²) in [7, 11) is 2.17. The second-order valence-corrected chi connectivity index (χ2v) is 16.6. The van der Waals surface area contributed by atoms with Crippen molar-refractivity contribution in [1.29, 1.82) is 0 Å². The third-order valence-electron chi connectivity index (χ3n) is 14.6. The van der Waals surface area contributed by atoms with Crippen LogP contribution in [0.3, 0.4) is 0 Å². The van der Waals surface area contributed by atoms with Gasteiger partial charge in [0.25, 0.3) is 0 Å². The third kappa shape index (κ3) is 4.65. The van der Waals surface area contributed by atoms with Crippen molar-refractivity contribution in [2.45, 2.75) is 110 Å². The van der Waals surface area contributed by atoms with Gasteiger partial charge in [0.15, 0.2) is 0 Å². The van der Waals surface area contributed by atoms with Gasteiger partial charge in [0, 0.05) is 75.4 Å². The zero-order chi connectivity index (χ0) is 29.4. The van der Waals surface area contributed by atoms with Crippen molar-refractivity contribution < 1.29 is 14.3 Å². The van der Waals surface area contributed by atoms with Crippen LogP contribution in [0.5, 0.6) is 0 Å². The smallest absolute Gasteiger partial charge is 0.221 e. The van der Waals surface area contributed by atoms with Crippen LogP contribution >= 0.6 is 0 Å². The van der Waals surface area contributed by atoms with E-state index >= 15 is 0 Å². The van der Waals surface area contributed by atoms with Crippen molar-refractivity contribution in [1.82, 2.24) is 20.4 Å². The van der Waals surface area contributed by atoms with Gasteiger partial charge in [-0.2, -0.15) is 0 Å². The number of fused-ring (bicyclic) bond motifs is 7. The van der Waals surface area contributed by atoms with Crippen molar-refractivity contribution >= 4 is 11.7 Å². The first-order chi connectivity index (χ1) is 20.0. The van der Waals surface area contributed by atoms with Crippen LogP contribution in [0.2, 0.25) is 0 Å². The highest BCUT2D eigenvalue weighted by molar-refractivity contribution is 5.87. The van der Waals surface area contributed by atoms with Gasteiger partial charge in [-0.05, 0) is 93.4 Å². The first kappa shape index (κ1) is 29.7. The normalized spacial score (nSPS) is 51.1. The fraction of sp³-hybridized carbons (Fsp3) is 0.943. The van der Waals surface area contributed by atoms with Crippen molar-refractivity contribution in [3.05, 3.63) is 0 Å². The molecule has 0 radical (unpaired) electrons. The number of carbonyl (C=O) groups excluding carboxylic acids is 2. The predicted molar refractivity (Wildman–Crippen MR) is 165 cm³/mol. The summed E-state index contributed by atoms with van der Waals surface area (Å²) in [5, 5.41) is 7.26. The van der Waals surface area contributed by atoms with Crippen molar-refractivity contribution in [3.63, 3.8) is 0 Å². The lowest BCUT2D eigenvalue weighted by atomic mass is 9.44. The highest BCUT2D eigenvalue weighted by Crippen LogP contribution is 2.70. The molecule has 0 aromatic heterocycles. The first-order valence-corrected chi connectivity index (χ1v) is 17.7. The molecule has 3 saturated heterocycles. The van der Waals surface area contributed by atoms with Gasteiger partial charge in [0.1, 0.15) is 11.5 Å². The molecule has 7 heteroatoms. The number of carbonyl (C=O) groups is 2. The molecule has 12 atom stereocenters. The average Bonchev–Trinajstić information content (AvgIpc) is 3.41. The Labute approximate surface area is 254 Å². The molecule has 3 heterocycles. The maximum Gasteiger partial charge on any atom is 0.221 e. The number of likely N-dealkylation sites (N-methyl/N-ethyl adjacent to an activating group) is 1. The monoisotopic (exact) mass is 582 g/mol. The van der Waals surface area contributed by atoms with E-state index in [-0.39, 0.29) is 28.6 Å². The zero-order valence-corrected chi connectivity index (χ0v) is 27.1. The summed E-state index contributed by atoms with van der Waals surface area (Å²) in [5.74, 6) is 4.41. The average molecular weight is 583 g/mol. The molecule has 0 aromatic carbocycles. The largest absolute Gasteiger partial charge is 0.357 e. The summed E-state index contributed by atoms with van der Waals surface area (Å²) in [6.07, 6.45) is 10.8. The molecular weight excluding hydrogens is 524 g/mol. The standard InChI is InChI=1S/C35H58N4O3/c1-22-8-12-35(36-21-22)23(2)32-29(42-35)19-28-26-7-6-24-18-25(37-31(41)10-13-39-16-14-38(5)15-17-39)9-11-33(24,3)27(26)20-30(40)34(28,32)4/h22-29,32,36H,6-21H2,1-5H3,(H,37,41)/t22-,23+,24+,25?,26-,27+,28+,29+,32+,33+,34-,35-/m1/s1. The highest BCUT2D eigenvalue weighted by Gasteiger charge is 2.71. The molecular formula is C35H58N4O3. The Morgan fingerprint density at radius 2 is 1.81 bits per heavy atom. The molecule has 1 spiro atoms. The Bertz CT molecular complexity index is 1050. The fourth-order valence-electron chi connectivity index (χ4n) is 11.9. The van der Waals surface area contributed by atoms with Crippen LogP contribution in [-0.4, -0.2) is 85.7 Å². The number of nitrogens with one attached hydrogen (secondary N) is 2. The van der Waals surface area contributed by atoms with Gasteiger partial charge in [0.2, 0.25) is 5.91 Å². The van der Waals surface area contributed by atoms with Gasteiger partial charge in [-0.25, -0.2) is 0 Å². The van der Waals surface area contributed by atoms with Gasteiger partial charge in [-0.3, -0.25) is 14.9 Å². The van der Waals surface area contributed by atoms with Crippen LogP contribution in [0.4, 0.5) is 0 Å². The molecule has 1 amide bonds. The van der Waals surface area contributed by atoms with Gasteiger partial charge in [-0.15, -0.1) is 0 Å². The Balaban J connectivity index is 0.991. The highest BCUT2D eigenvalue weighted by atomic mass is 16.5. The first-order valence-electron chi connectivity index (χ1n) is 17.7. The zero-order valence-electron chi connectivity index (χ0n) is 27.1. The molecule has 7 nitrogen and oxygen atoms in total. The Morgan fingerprint density at radius 3 is 2.55 bits per heavy atom. The number of hydrogen-bond donors (Lipinski definition) is 2. The number of piperazine rings is 1. The topological polar surface area (TPSA) is 73.9 Å². The minimum absolute atomic E-state index is 0.216. The summed E-state index contributed by atoms with van der Waals surface area (Å²) < 4.78 is 7.00. The Kier molecular flexibility index (Phi) is 7.64. The number of nitrogens with zero attached hydrogens (tertiary/aromatic N) is 2. The van der Waals surface area contributed by atoms with Crippen molar-refractivity contribution in [2.75, 3.05) is 46.3 Å². The van der Waals surface area contributed by atoms with Gasteiger partial charge < -0.3 is 19.9 Å². The van der Waals surface area contributed by atoms with E-state index in [9.17, 15) is 9.59 Å². The third-order valence-corrected chi connectivity index (χ3v) is 14.6. The molecule has 7 rings (SSSR count). The van der Waals surface area contributed by atoms with E-state index in [1.165, 1.54) is 19.3 Å². The van der Waals surface area contributed by atoms with Gasteiger partial charge in [-0.1, -0.05) is 27.7 Å². The summed E-state index contributed by atoms with van der Waals surface area (Å²) in [6.45, 7) is 15.8. The number of ether oxygens (including phenoxy) is 1. The van der Waals surface area contributed by atoms with Crippen LogP contribution in [-0.2, 0) is 14.3 Å². The SMILES string of the molecule is C[C@@H]1CC[C@@]2(NC1)O[C@H]1C[C@H]3[C@@H]4CC[C@H]5CC(NC(=O)CCN6CCN(C)CC6)CC[C@]5(C)[C@H]4CC(=O)[C@]3(C)[C@H]1[C@@H]2C. The van der Waals surface area contributed by atoms with Crippen LogP contribution in [0, 0.1) is 52.3 Å². The number of rotatable bonds is 4. The molecule has 236 valence electrons. The van der Waals surface area contributed by atoms with Crippen LogP contribution in [0.1, 0.15) is 91.9 Å². The summed E-state index contributed by atoms with van der Waals surface area (Å²) in [6, 6.07) is 0.297. The van der Waals surface area contributed by atoms with E-state index in [2.05, 4.69) is 55.2 Å². The molecule has 7 fully saturated rings. The molecule has 1 unspecified atom stereocenters. The molecule has 0 aromatic rings. The molecule has 0 bridgehead atoms. The molecule has 4 saturated carbocycles. The molecule has 4 aliphatic carbocycles. The van der Waals surface area contributed by atoms with E-state index in [1.54, 1.807) is 0 Å². The molecule has 3 aliphatic heterocycles. The number of hydrogen-bond acceptors (Lipinski definition) is 6. The predicted octanol–water partition coefficient (Wildman–Crippen LogP) is 4.31. The molecule has 2 N–H and O–H groups in total. The van der Waals surface area contributed by atoms with Gasteiger partial charge >= 0.3 is 0 Å². The van der Waals surface area contributed by atoms with Crippen LogP contribution in [0.15, 0.2) is 0 Å². The van der Waals surface area contributed by atoms with Crippen LogP contribution in [0.25, 0.3) is 0 Å². The fourth-order valence-corrected chi connectivity index (χ4v) is 11.9. The lowest BCUT2D eigenvalue weighted by Gasteiger charge is -2.60. The van der Waals surface area contributed by atoms with Crippen molar-refractivity contribution in [2.24, 2.45) is 52.3 Å². The van der Waals surface area contributed by atoms with E-state index in [0.717, 1.165) is 77.8 Å². The lowest BCUT2D eigenvalue weighted by molar-refractivity contribution is -0.160. The minimum Gasteiger partial charge on any atom is -0.357 e. The van der Waals surface area contributed by atoms with E-state index in [0.29, 0.717) is 59.7 Å². The second kappa shape index (κ2) is 10.8. The number of amides is 1. The van der Waals surface area contributed by atoms with E-state index < -0.39 is 0 Å². The minimum atomic E-state index is -0.238. The van der Waals surface area contributed by atoms with E-state index in [4.69, 9.17) is 4.74 Å². The quantitative estimate of drug-likeness (QED) is 0.515. The summed E-state index contributed by atoms with van der Waals surface area (Å²) in [5.41, 5.74) is -0.241. The van der Waals surface area contributed by atoms with Gasteiger partial charge in [0.05, 0.1) is 6.10 Å². The maximum absolute atomic E-state index is 14.4. The molecule has 7 aliphatic rings. The van der Waals surface area contributed by atoms with E-state index in [1.807, 2.05) is 0 Å². The summed E-state index contributed by atoms with van der Waals surface area (Å²) >= 11 is 0. The number of piperidine rings is 1. The Morgan fingerprint density at radius 1 is 1.02 bits per heavy atom. The second-order valence-electron chi connectivity index (χ2n) is 16.6. The van der Waals surface area contributed by atoms with Crippen molar-refractivity contribution in [3.8, 4) is 0 Å².